The van der Waals surface area contributed by atoms with Crippen LogP contribution in [0.15, 0.2) is 212 Å². The quantitative estimate of drug-likeness (QED) is 0.166. The van der Waals surface area contributed by atoms with Gasteiger partial charge in [0.15, 0.2) is 11.6 Å². The first kappa shape index (κ1) is 37.5. The lowest BCUT2D eigenvalue weighted by Gasteiger charge is -2.14. The summed E-state index contributed by atoms with van der Waals surface area (Å²) in [6.45, 7) is 0. The average Bonchev–Trinajstić information content (AvgIpc) is 4.09. The van der Waals surface area contributed by atoms with Gasteiger partial charge in [-0.25, -0.2) is 4.98 Å². The summed E-state index contributed by atoms with van der Waals surface area (Å²) >= 11 is 1.80. The number of para-hydroxylation sites is 2. The topological polar surface area (TPSA) is 74.3 Å². The molecule has 0 aliphatic heterocycles. The molecule has 312 valence electrons. The fourth-order valence-corrected chi connectivity index (χ4v) is 11.0. The number of fused-ring (bicyclic) bond motifs is 10. The molecule has 0 bridgehead atoms. The van der Waals surface area contributed by atoms with E-state index in [9.17, 15) is 0 Å². The lowest BCUT2D eigenvalue weighted by molar-refractivity contribution is 0.954. The second-order valence-corrected chi connectivity index (χ2v) is 17.9. The van der Waals surface area contributed by atoms with Crippen LogP contribution in [-0.2, 0) is 0 Å². The molecule has 0 aliphatic rings. The highest BCUT2D eigenvalue weighted by molar-refractivity contribution is 7.17. The monoisotopic (exact) mass is 873 g/mol. The molecule has 0 fully saturated rings. The van der Waals surface area contributed by atoms with Gasteiger partial charge < -0.3 is 4.57 Å². The lowest BCUT2D eigenvalue weighted by Crippen LogP contribution is -2.07. The molecule has 0 unspecified atom stereocenters. The smallest absolute Gasteiger partial charge is 0.238 e. The Hall–Kier alpha value is -8.85. The minimum absolute atomic E-state index is 0.529. The van der Waals surface area contributed by atoms with Crippen molar-refractivity contribution >= 4 is 86.8 Å². The third-order valence-corrected chi connectivity index (χ3v) is 14.1. The lowest BCUT2D eigenvalue weighted by atomic mass is 10.0. The van der Waals surface area contributed by atoms with E-state index < -0.39 is 0 Å². The molecule has 0 N–H and O–H groups in total. The number of hydrogen-bond donors (Lipinski definition) is 0. The number of thiophene rings is 1. The minimum atomic E-state index is 0.529. The molecular weight excluding hydrogens is 839 g/mol. The predicted octanol–water partition coefficient (Wildman–Crippen LogP) is 15.0. The predicted molar refractivity (Wildman–Crippen MR) is 276 cm³/mol. The number of benzene rings is 8. The summed E-state index contributed by atoms with van der Waals surface area (Å²) in [5.41, 5.74) is 13.7. The third kappa shape index (κ3) is 6.00. The highest BCUT2D eigenvalue weighted by Crippen LogP contribution is 2.43. The zero-order chi connectivity index (χ0) is 44.0. The van der Waals surface area contributed by atoms with Crippen LogP contribution in [0.5, 0.6) is 0 Å². The van der Waals surface area contributed by atoms with Crippen molar-refractivity contribution in [2.45, 2.75) is 0 Å². The highest BCUT2D eigenvalue weighted by Gasteiger charge is 2.24. The van der Waals surface area contributed by atoms with Crippen LogP contribution in [0.1, 0.15) is 0 Å². The van der Waals surface area contributed by atoms with Gasteiger partial charge in [-0.3, -0.25) is 14.5 Å². The standard InChI is InChI=1S/C59H35N7S/c1-2-11-36(12-3-1)49-35-67-54-34-38(21-24-46(49)54)37-13-8-16-43(33-37)65-52-19-6-4-17-44(52)47-25-26-48-45-18-5-7-20-53(45)66(56(48)55(47)65)59-63-57(41-22-27-50-39(31-41)14-9-29-60-50)62-58(64-59)42-23-28-51-40(32-42)15-10-30-61-51/h1-35H. The molecule has 67 heavy (non-hydrogen) atoms. The van der Waals surface area contributed by atoms with Gasteiger partial charge >= 0.3 is 0 Å². The van der Waals surface area contributed by atoms with Crippen molar-refractivity contribution < 1.29 is 0 Å². The van der Waals surface area contributed by atoms with Crippen molar-refractivity contribution in [2.75, 3.05) is 0 Å². The van der Waals surface area contributed by atoms with Gasteiger partial charge in [-0.1, -0.05) is 115 Å². The molecular formula is C59H35N7S. The second-order valence-electron chi connectivity index (χ2n) is 16.9. The Kier molecular flexibility index (Phi) is 8.32. The summed E-state index contributed by atoms with van der Waals surface area (Å²) in [7, 11) is 0. The Morgan fingerprint density at radius 1 is 0.373 bits per heavy atom. The van der Waals surface area contributed by atoms with Crippen molar-refractivity contribution in [2.24, 2.45) is 0 Å². The van der Waals surface area contributed by atoms with Crippen LogP contribution in [0.4, 0.5) is 0 Å². The van der Waals surface area contributed by atoms with Crippen molar-refractivity contribution in [3.63, 3.8) is 0 Å². The largest absolute Gasteiger partial charge is 0.307 e. The summed E-state index contributed by atoms with van der Waals surface area (Å²) in [5, 5.41) is 10.1. The van der Waals surface area contributed by atoms with E-state index in [1.54, 1.807) is 11.3 Å². The van der Waals surface area contributed by atoms with E-state index in [1.807, 2.05) is 36.7 Å². The molecule has 14 aromatic rings. The van der Waals surface area contributed by atoms with E-state index >= 15 is 0 Å². The highest BCUT2D eigenvalue weighted by atomic mass is 32.1. The van der Waals surface area contributed by atoms with E-state index in [1.165, 1.54) is 32.2 Å². The van der Waals surface area contributed by atoms with Gasteiger partial charge in [-0.2, -0.15) is 9.97 Å². The van der Waals surface area contributed by atoms with E-state index in [0.717, 1.165) is 82.4 Å². The molecule has 7 nitrogen and oxygen atoms in total. The molecule has 0 saturated carbocycles. The van der Waals surface area contributed by atoms with Gasteiger partial charge in [0.05, 0.1) is 33.1 Å². The number of hydrogen-bond acceptors (Lipinski definition) is 6. The van der Waals surface area contributed by atoms with E-state index in [0.29, 0.717) is 17.6 Å². The normalized spacial score (nSPS) is 11.9. The molecule has 8 aromatic carbocycles. The third-order valence-electron chi connectivity index (χ3n) is 13.1. The number of pyridine rings is 2. The van der Waals surface area contributed by atoms with Crippen LogP contribution < -0.4 is 0 Å². The number of nitrogens with zero attached hydrogens (tertiary/aromatic N) is 7. The Balaban J connectivity index is 1.03. The first-order chi connectivity index (χ1) is 33.2. The van der Waals surface area contributed by atoms with Gasteiger partial charge in [0.1, 0.15) is 0 Å². The van der Waals surface area contributed by atoms with Crippen LogP contribution >= 0.6 is 11.3 Å². The van der Waals surface area contributed by atoms with Crippen LogP contribution in [-0.4, -0.2) is 34.1 Å². The summed E-state index contributed by atoms with van der Waals surface area (Å²) in [6, 6.07) is 68.8. The molecule has 14 rings (SSSR count). The molecule has 0 spiro atoms. The maximum atomic E-state index is 5.40. The molecule has 0 aliphatic carbocycles. The molecule has 6 heterocycles. The molecule has 0 atom stereocenters. The summed E-state index contributed by atoms with van der Waals surface area (Å²) in [6.07, 6.45) is 3.64. The van der Waals surface area contributed by atoms with E-state index in [2.05, 4.69) is 194 Å². The Morgan fingerprint density at radius 2 is 0.940 bits per heavy atom. The Labute approximate surface area is 387 Å². The number of rotatable bonds is 6. The Bertz CT molecular complexity index is 4200. The van der Waals surface area contributed by atoms with Gasteiger partial charge in [0, 0.05) is 77.2 Å². The van der Waals surface area contributed by atoms with Crippen molar-refractivity contribution in [1.82, 2.24) is 34.1 Å². The van der Waals surface area contributed by atoms with Crippen molar-refractivity contribution in [3.8, 4) is 56.7 Å². The summed E-state index contributed by atoms with van der Waals surface area (Å²) in [5.74, 6) is 1.67. The Morgan fingerprint density at radius 3 is 1.63 bits per heavy atom. The van der Waals surface area contributed by atoms with Gasteiger partial charge in [0.2, 0.25) is 5.95 Å². The van der Waals surface area contributed by atoms with E-state index in [4.69, 9.17) is 15.0 Å². The van der Waals surface area contributed by atoms with Crippen molar-refractivity contribution in [3.05, 3.63) is 212 Å². The average molecular weight is 874 g/mol. The van der Waals surface area contributed by atoms with Crippen LogP contribution in [0, 0.1) is 0 Å². The van der Waals surface area contributed by atoms with Crippen LogP contribution in [0.2, 0.25) is 0 Å². The fourth-order valence-electron chi connectivity index (χ4n) is 10.0. The molecule has 8 heteroatoms. The maximum absolute atomic E-state index is 5.40. The minimum Gasteiger partial charge on any atom is -0.307 e. The molecule has 0 amide bonds. The summed E-state index contributed by atoms with van der Waals surface area (Å²) < 4.78 is 5.95. The van der Waals surface area contributed by atoms with E-state index in [-0.39, 0.29) is 0 Å². The molecule has 0 radical (unpaired) electrons. The van der Waals surface area contributed by atoms with Crippen molar-refractivity contribution in [1.29, 1.82) is 0 Å². The maximum Gasteiger partial charge on any atom is 0.238 e. The molecule has 6 aromatic heterocycles. The zero-order valence-corrected chi connectivity index (χ0v) is 36.6. The zero-order valence-electron chi connectivity index (χ0n) is 35.7. The first-order valence-corrected chi connectivity index (χ1v) is 23.2. The van der Waals surface area contributed by atoms with Gasteiger partial charge in [-0.05, 0) is 101 Å². The fraction of sp³-hybridized carbons (Fsp3) is 0. The number of aromatic nitrogens is 7. The van der Waals surface area contributed by atoms with Gasteiger partial charge in [-0.15, -0.1) is 11.3 Å². The van der Waals surface area contributed by atoms with Crippen LogP contribution in [0.25, 0.3) is 132 Å². The second kappa shape index (κ2) is 14.9. The van der Waals surface area contributed by atoms with Gasteiger partial charge in [0.25, 0.3) is 0 Å². The SMILES string of the molecule is c1ccc(-c2csc3cc(-c4cccc(-n5c6ccccc6c6ccc7c8ccccc8n(-c8nc(-c9ccc%10ncccc%10c9)nc(-c9ccc%10ncccc%10c9)n8)c7c65)c4)ccc23)cc1. The summed E-state index contributed by atoms with van der Waals surface area (Å²) in [4.78, 5) is 25.2. The molecule has 0 saturated heterocycles. The van der Waals surface area contributed by atoms with Crippen LogP contribution in [0.3, 0.4) is 0 Å². The first-order valence-electron chi connectivity index (χ1n) is 22.3.